The van der Waals surface area contributed by atoms with Crippen LogP contribution in [0.25, 0.3) is 16.8 Å². The van der Waals surface area contributed by atoms with Crippen LogP contribution in [0, 0.1) is 11.3 Å². The molecule has 0 saturated carbocycles. The number of nitrogens with zero attached hydrogens (tertiary/aromatic N) is 1. The molecule has 1 N–H and O–H groups in total. The standard InChI is InChI=1S/C22H18N2O/c1-16(20-8-4-6-19-5-2-3-7-21(19)20)24-22(25)14-13-17-9-11-18(15-23)12-10-17/h2-14,16H,1H3,(H,24,25)/b14-13+. The van der Waals surface area contributed by atoms with Gasteiger partial charge in [0.25, 0.3) is 0 Å². The molecule has 0 aliphatic heterocycles. The first kappa shape index (κ1) is 16.5. The fraction of sp³-hybridized carbons (Fsp3) is 0.0909. The van der Waals surface area contributed by atoms with Crippen LogP contribution in [-0.4, -0.2) is 5.91 Å². The Morgan fingerprint density at radius 1 is 1.04 bits per heavy atom. The van der Waals surface area contributed by atoms with Crippen LogP contribution >= 0.6 is 0 Å². The van der Waals surface area contributed by atoms with Gasteiger partial charge in [0, 0.05) is 6.08 Å². The van der Waals surface area contributed by atoms with E-state index in [1.165, 1.54) is 6.08 Å². The molecule has 3 aromatic carbocycles. The Bertz CT molecular complexity index is 960. The maximum absolute atomic E-state index is 12.2. The monoisotopic (exact) mass is 326 g/mol. The van der Waals surface area contributed by atoms with Crippen molar-refractivity contribution in [3.8, 4) is 6.07 Å². The minimum absolute atomic E-state index is 0.0933. The van der Waals surface area contributed by atoms with Crippen molar-refractivity contribution in [2.45, 2.75) is 13.0 Å². The van der Waals surface area contributed by atoms with Crippen LogP contribution in [0.5, 0.6) is 0 Å². The Kier molecular flexibility index (Phi) is 4.92. The smallest absolute Gasteiger partial charge is 0.244 e. The van der Waals surface area contributed by atoms with Gasteiger partial charge in [0.2, 0.25) is 5.91 Å². The van der Waals surface area contributed by atoms with Crippen LogP contribution in [0.3, 0.4) is 0 Å². The van der Waals surface area contributed by atoms with Crippen molar-refractivity contribution in [2.75, 3.05) is 0 Å². The summed E-state index contributed by atoms with van der Waals surface area (Å²) < 4.78 is 0. The molecule has 0 saturated heterocycles. The predicted molar refractivity (Wildman–Crippen MR) is 101 cm³/mol. The number of hydrogen-bond acceptors (Lipinski definition) is 2. The lowest BCUT2D eigenvalue weighted by Crippen LogP contribution is -2.24. The molecule has 122 valence electrons. The van der Waals surface area contributed by atoms with E-state index in [0.29, 0.717) is 5.56 Å². The fourth-order valence-corrected chi connectivity index (χ4v) is 2.81. The van der Waals surface area contributed by atoms with Gasteiger partial charge >= 0.3 is 0 Å². The minimum atomic E-state index is -0.148. The Labute approximate surface area is 147 Å². The Morgan fingerprint density at radius 3 is 2.52 bits per heavy atom. The van der Waals surface area contributed by atoms with Crippen molar-refractivity contribution in [2.24, 2.45) is 0 Å². The quantitative estimate of drug-likeness (QED) is 0.712. The van der Waals surface area contributed by atoms with Crippen molar-refractivity contribution >= 4 is 22.8 Å². The largest absolute Gasteiger partial charge is 0.346 e. The van der Waals surface area contributed by atoms with Gasteiger partial charge in [0.05, 0.1) is 17.7 Å². The van der Waals surface area contributed by atoms with E-state index in [1.807, 2.05) is 43.3 Å². The molecule has 0 aromatic heterocycles. The zero-order chi connectivity index (χ0) is 17.6. The summed E-state index contributed by atoms with van der Waals surface area (Å²) in [4.78, 5) is 12.2. The third-order valence-electron chi connectivity index (χ3n) is 4.12. The molecule has 3 rings (SSSR count). The number of carbonyl (C=O) groups is 1. The highest BCUT2D eigenvalue weighted by Crippen LogP contribution is 2.24. The average molecular weight is 326 g/mol. The van der Waals surface area contributed by atoms with Crippen molar-refractivity contribution in [1.82, 2.24) is 5.32 Å². The first-order chi connectivity index (χ1) is 12.2. The topological polar surface area (TPSA) is 52.9 Å². The van der Waals surface area contributed by atoms with Crippen LogP contribution in [0.4, 0.5) is 0 Å². The molecule has 0 aliphatic rings. The molecule has 1 atom stereocenters. The lowest BCUT2D eigenvalue weighted by Gasteiger charge is -2.15. The second-order valence-electron chi connectivity index (χ2n) is 5.87. The third-order valence-corrected chi connectivity index (χ3v) is 4.12. The van der Waals surface area contributed by atoms with Crippen molar-refractivity contribution in [1.29, 1.82) is 5.26 Å². The van der Waals surface area contributed by atoms with Gasteiger partial charge in [-0.05, 0) is 47.0 Å². The molecule has 1 amide bonds. The molecule has 0 aliphatic carbocycles. The first-order valence-electron chi connectivity index (χ1n) is 8.14. The normalized spacial score (nSPS) is 12.0. The minimum Gasteiger partial charge on any atom is -0.346 e. The van der Waals surface area contributed by atoms with E-state index in [4.69, 9.17) is 5.26 Å². The van der Waals surface area contributed by atoms with Gasteiger partial charge in [0.15, 0.2) is 0 Å². The molecule has 3 aromatic rings. The molecule has 0 radical (unpaired) electrons. The molecule has 3 heteroatoms. The van der Waals surface area contributed by atoms with E-state index in [0.717, 1.165) is 21.9 Å². The number of benzene rings is 3. The van der Waals surface area contributed by atoms with E-state index in [-0.39, 0.29) is 11.9 Å². The molecule has 0 spiro atoms. The van der Waals surface area contributed by atoms with Crippen LogP contribution in [0.2, 0.25) is 0 Å². The van der Waals surface area contributed by atoms with E-state index in [1.54, 1.807) is 18.2 Å². The molecule has 3 nitrogen and oxygen atoms in total. The van der Waals surface area contributed by atoms with Crippen molar-refractivity contribution < 1.29 is 4.79 Å². The van der Waals surface area contributed by atoms with Gasteiger partial charge in [-0.2, -0.15) is 5.26 Å². The summed E-state index contributed by atoms with van der Waals surface area (Å²) in [6.45, 7) is 1.98. The third kappa shape index (κ3) is 3.94. The maximum Gasteiger partial charge on any atom is 0.244 e. The molecular weight excluding hydrogens is 308 g/mol. The molecular formula is C22H18N2O. The highest BCUT2D eigenvalue weighted by Gasteiger charge is 2.10. The van der Waals surface area contributed by atoms with E-state index < -0.39 is 0 Å². The SMILES string of the molecule is CC(NC(=O)/C=C/c1ccc(C#N)cc1)c1cccc2ccccc12. The summed E-state index contributed by atoms with van der Waals surface area (Å²) in [5.74, 6) is -0.148. The number of hydrogen-bond donors (Lipinski definition) is 1. The summed E-state index contributed by atoms with van der Waals surface area (Å²) in [6, 6.07) is 23.3. The second kappa shape index (κ2) is 7.46. The van der Waals surface area contributed by atoms with Gasteiger partial charge in [-0.25, -0.2) is 0 Å². The summed E-state index contributed by atoms with van der Waals surface area (Å²) in [7, 11) is 0. The summed E-state index contributed by atoms with van der Waals surface area (Å²) in [5, 5.41) is 14.1. The van der Waals surface area contributed by atoms with Gasteiger partial charge in [-0.15, -0.1) is 0 Å². The average Bonchev–Trinajstić information content (AvgIpc) is 2.66. The lowest BCUT2D eigenvalue weighted by atomic mass is 10.00. The number of fused-ring (bicyclic) bond motifs is 1. The van der Waals surface area contributed by atoms with Gasteiger partial charge in [0.1, 0.15) is 0 Å². The Morgan fingerprint density at radius 2 is 1.76 bits per heavy atom. The lowest BCUT2D eigenvalue weighted by molar-refractivity contribution is -0.117. The fourth-order valence-electron chi connectivity index (χ4n) is 2.81. The number of amides is 1. The Hall–Kier alpha value is -3.38. The predicted octanol–water partition coefficient (Wildman–Crippen LogP) is 4.60. The van der Waals surface area contributed by atoms with Gasteiger partial charge in [-0.3, -0.25) is 4.79 Å². The second-order valence-corrected chi connectivity index (χ2v) is 5.87. The van der Waals surface area contributed by atoms with E-state index in [2.05, 4.69) is 29.6 Å². The highest BCUT2D eigenvalue weighted by molar-refractivity contribution is 5.93. The first-order valence-corrected chi connectivity index (χ1v) is 8.14. The molecule has 0 fully saturated rings. The van der Waals surface area contributed by atoms with Gasteiger partial charge in [-0.1, -0.05) is 54.6 Å². The van der Waals surface area contributed by atoms with Crippen LogP contribution in [0.15, 0.2) is 72.8 Å². The summed E-state index contributed by atoms with van der Waals surface area (Å²) in [5.41, 5.74) is 2.58. The summed E-state index contributed by atoms with van der Waals surface area (Å²) in [6.07, 6.45) is 3.26. The zero-order valence-corrected chi connectivity index (χ0v) is 13.9. The highest BCUT2D eigenvalue weighted by atomic mass is 16.1. The van der Waals surface area contributed by atoms with Crippen molar-refractivity contribution in [3.05, 3.63) is 89.5 Å². The zero-order valence-electron chi connectivity index (χ0n) is 13.9. The van der Waals surface area contributed by atoms with Crippen molar-refractivity contribution in [3.63, 3.8) is 0 Å². The number of nitriles is 1. The van der Waals surface area contributed by atoms with Crippen LogP contribution < -0.4 is 5.32 Å². The maximum atomic E-state index is 12.2. The summed E-state index contributed by atoms with van der Waals surface area (Å²) >= 11 is 0. The van der Waals surface area contributed by atoms with Crippen LogP contribution in [0.1, 0.15) is 29.7 Å². The molecule has 0 bridgehead atoms. The number of nitrogens with one attached hydrogen (secondary N) is 1. The van der Waals surface area contributed by atoms with E-state index >= 15 is 0 Å². The number of carbonyl (C=O) groups excluding carboxylic acids is 1. The Balaban J connectivity index is 1.71. The molecule has 25 heavy (non-hydrogen) atoms. The molecule has 1 unspecified atom stereocenters. The number of rotatable bonds is 4. The molecule has 0 heterocycles. The van der Waals surface area contributed by atoms with Gasteiger partial charge < -0.3 is 5.32 Å². The van der Waals surface area contributed by atoms with E-state index in [9.17, 15) is 4.79 Å². The van der Waals surface area contributed by atoms with Crippen LogP contribution in [-0.2, 0) is 4.79 Å².